The number of methoxy groups -OCH3 is 5. The van der Waals surface area contributed by atoms with Gasteiger partial charge in [0.15, 0.2) is 27.8 Å². The van der Waals surface area contributed by atoms with Crippen LogP contribution in [0.15, 0.2) is 51.4 Å². The molecule has 0 saturated carbocycles. The third kappa shape index (κ3) is 5.09. The van der Waals surface area contributed by atoms with Gasteiger partial charge in [0.1, 0.15) is 0 Å². The lowest BCUT2D eigenvalue weighted by Gasteiger charge is -2.25. The lowest BCUT2D eigenvalue weighted by molar-refractivity contribution is -0.139. The molecule has 11 heteroatoms. The Balaban J connectivity index is 1.97. The number of fused-ring (bicyclic) bond motifs is 1. The van der Waals surface area contributed by atoms with Crippen molar-refractivity contribution in [1.82, 2.24) is 4.57 Å². The van der Waals surface area contributed by atoms with E-state index in [1.165, 1.54) is 51.5 Å². The summed E-state index contributed by atoms with van der Waals surface area (Å²) in [6.07, 6.45) is 1.73. The Morgan fingerprint density at radius 2 is 1.59 bits per heavy atom. The van der Waals surface area contributed by atoms with E-state index in [0.717, 1.165) is 0 Å². The zero-order chi connectivity index (χ0) is 28.3. The highest BCUT2D eigenvalue weighted by molar-refractivity contribution is 7.07. The van der Waals surface area contributed by atoms with Crippen molar-refractivity contribution in [3.8, 4) is 28.7 Å². The Kier molecular flexibility index (Phi) is 8.29. The van der Waals surface area contributed by atoms with E-state index in [0.29, 0.717) is 54.9 Å². The molecule has 0 radical (unpaired) electrons. The maximum absolute atomic E-state index is 13.9. The van der Waals surface area contributed by atoms with Gasteiger partial charge in [0.2, 0.25) is 5.75 Å². The SMILES string of the molecule is CCOC(=O)C1=C(C)N=c2sc(=Cc3cc(OC)c(OC)c(OC)c3)c(=O)n2C1c1ccc(OC)c(OC)c1. The van der Waals surface area contributed by atoms with E-state index in [2.05, 4.69) is 4.99 Å². The molecule has 0 fully saturated rings. The van der Waals surface area contributed by atoms with Crippen molar-refractivity contribution in [2.24, 2.45) is 4.99 Å². The highest BCUT2D eigenvalue weighted by atomic mass is 32.1. The smallest absolute Gasteiger partial charge is 0.338 e. The van der Waals surface area contributed by atoms with E-state index < -0.39 is 12.0 Å². The third-order valence-corrected chi connectivity index (χ3v) is 7.21. The summed E-state index contributed by atoms with van der Waals surface area (Å²) in [6.45, 7) is 3.64. The number of hydrogen-bond donors (Lipinski definition) is 0. The predicted molar refractivity (Wildman–Crippen MR) is 146 cm³/mol. The molecule has 0 saturated heterocycles. The number of esters is 1. The molecule has 1 aliphatic rings. The molecule has 1 aromatic heterocycles. The van der Waals surface area contributed by atoms with Crippen LogP contribution in [0.1, 0.15) is 31.0 Å². The number of rotatable bonds is 9. The van der Waals surface area contributed by atoms with Crippen LogP contribution in [-0.4, -0.2) is 52.7 Å². The fourth-order valence-corrected chi connectivity index (χ4v) is 5.51. The monoisotopic (exact) mass is 554 g/mol. The quantitative estimate of drug-likeness (QED) is 0.372. The number of benzene rings is 2. The molecular formula is C28H30N2O8S. The predicted octanol–water partition coefficient (Wildman–Crippen LogP) is 2.84. The van der Waals surface area contributed by atoms with E-state index in [1.54, 1.807) is 50.3 Å². The molecule has 3 aromatic rings. The Hall–Kier alpha value is -4.25. The standard InChI is InChI=1S/C28H30N2O8S/c1-8-38-27(32)23-15(2)29-28-30(24(23)17-9-10-18(33-3)19(14-17)34-4)26(31)22(39-28)13-16-11-20(35-5)25(37-7)21(12-16)36-6/h9-14,24H,8H2,1-7H3. The van der Waals surface area contributed by atoms with Crippen LogP contribution in [0.4, 0.5) is 0 Å². The molecule has 0 bridgehead atoms. The summed E-state index contributed by atoms with van der Waals surface area (Å²) in [6, 6.07) is 7.99. The lowest BCUT2D eigenvalue weighted by atomic mass is 9.95. The fourth-order valence-electron chi connectivity index (χ4n) is 4.47. The maximum atomic E-state index is 13.9. The van der Waals surface area contributed by atoms with Crippen molar-refractivity contribution in [2.45, 2.75) is 19.9 Å². The van der Waals surface area contributed by atoms with E-state index in [9.17, 15) is 9.59 Å². The summed E-state index contributed by atoms with van der Waals surface area (Å²) >= 11 is 1.21. The van der Waals surface area contributed by atoms with Crippen molar-refractivity contribution in [1.29, 1.82) is 0 Å². The number of carbonyl (C=O) groups excluding carboxylic acids is 1. The maximum Gasteiger partial charge on any atom is 0.338 e. The molecule has 4 rings (SSSR count). The molecule has 2 aromatic carbocycles. The van der Waals surface area contributed by atoms with E-state index in [-0.39, 0.29) is 17.7 Å². The summed E-state index contributed by atoms with van der Waals surface area (Å²) in [5.41, 5.74) is 1.73. The molecule has 206 valence electrons. The summed E-state index contributed by atoms with van der Waals surface area (Å²) in [5.74, 6) is 1.81. The van der Waals surface area contributed by atoms with Crippen molar-refractivity contribution < 1.29 is 33.2 Å². The zero-order valence-corrected chi connectivity index (χ0v) is 23.6. The number of thiazole rings is 1. The van der Waals surface area contributed by atoms with Crippen molar-refractivity contribution in [3.63, 3.8) is 0 Å². The lowest BCUT2D eigenvalue weighted by Crippen LogP contribution is -2.40. The highest BCUT2D eigenvalue weighted by Gasteiger charge is 2.34. The number of aromatic nitrogens is 1. The normalized spacial score (nSPS) is 14.8. The van der Waals surface area contributed by atoms with E-state index in [1.807, 2.05) is 0 Å². The molecule has 0 spiro atoms. The number of hydrogen-bond acceptors (Lipinski definition) is 10. The van der Waals surface area contributed by atoms with Crippen LogP contribution >= 0.6 is 11.3 Å². The van der Waals surface area contributed by atoms with Gasteiger partial charge in [0.05, 0.1) is 64.0 Å². The second-order valence-electron chi connectivity index (χ2n) is 8.38. The largest absolute Gasteiger partial charge is 0.493 e. The van der Waals surface area contributed by atoms with Crippen LogP contribution in [0.2, 0.25) is 0 Å². The molecule has 10 nitrogen and oxygen atoms in total. The van der Waals surface area contributed by atoms with E-state index >= 15 is 0 Å². The second-order valence-corrected chi connectivity index (χ2v) is 9.38. The van der Waals surface area contributed by atoms with Gasteiger partial charge in [-0.05, 0) is 55.3 Å². The summed E-state index contributed by atoms with van der Waals surface area (Å²) in [4.78, 5) is 32.1. The fraction of sp³-hybridized carbons (Fsp3) is 0.321. The van der Waals surface area contributed by atoms with Crippen molar-refractivity contribution in [3.05, 3.63) is 72.4 Å². The van der Waals surface area contributed by atoms with Gasteiger partial charge in [0.25, 0.3) is 5.56 Å². The van der Waals surface area contributed by atoms with Crippen molar-refractivity contribution in [2.75, 3.05) is 42.2 Å². The minimum Gasteiger partial charge on any atom is -0.493 e. The average Bonchev–Trinajstić information content (AvgIpc) is 3.24. The first-order chi connectivity index (χ1) is 18.8. The van der Waals surface area contributed by atoms with Gasteiger partial charge < -0.3 is 28.4 Å². The Morgan fingerprint density at radius 3 is 2.15 bits per heavy atom. The number of allylic oxidation sites excluding steroid dienone is 1. The first-order valence-corrected chi connectivity index (χ1v) is 12.8. The van der Waals surface area contributed by atoms with Gasteiger partial charge in [-0.1, -0.05) is 17.4 Å². The molecule has 0 amide bonds. The number of nitrogens with zero attached hydrogens (tertiary/aromatic N) is 2. The molecule has 39 heavy (non-hydrogen) atoms. The van der Waals surface area contributed by atoms with Gasteiger partial charge in [0, 0.05) is 0 Å². The Morgan fingerprint density at radius 1 is 0.949 bits per heavy atom. The van der Waals surface area contributed by atoms with Gasteiger partial charge in [-0.3, -0.25) is 9.36 Å². The number of ether oxygens (including phenoxy) is 6. The molecule has 1 atom stereocenters. The van der Waals surface area contributed by atoms with Crippen LogP contribution in [0, 0.1) is 0 Å². The van der Waals surface area contributed by atoms with E-state index in [4.69, 9.17) is 28.4 Å². The van der Waals surface area contributed by atoms with Crippen LogP contribution in [0.25, 0.3) is 6.08 Å². The van der Waals surface area contributed by atoms with Crippen LogP contribution in [0.3, 0.4) is 0 Å². The van der Waals surface area contributed by atoms with Gasteiger partial charge in [-0.2, -0.15) is 0 Å². The Bertz CT molecular complexity index is 1590. The summed E-state index contributed by atoms with van der Waals surface area (Å²) < 4.78 is 34.5. The molecule has 0 aliphatic carbocycles. The molecule has 2 heterocycles. The zero-order valence-electron chi connectivity index (χ0n) is 22.8. The second kappa shape index (κ2) is 11.6. The van der Waals surface area contributed by atoms with Gasteiger partial charge in [-0.15, -0.1) is 0 Å². The van der Waals surface area contributed by atoms with Gasteiger partial charge in [-0.25, -0.2) is 9.79 Å². The van der Waals surface area contributed by atoms with Crippen LogP contribution in [0.5, 0.6) is 28.7 Å². The van der Waals surface area contributed by atoms with Crippen LogP contribution in [-0.2, 0) is 9.53 Å². The average molecular weight is 555 g/mol. The minimum atomic E-state index is -0.790. The van der Waals surface area contributed by atoms with Crippen LogP contribution < -0.4 is 38.6 Å². The molecule has 0 N–H and O–H groups in total. The minimum absolute atomic E-state index is 0.180. The number of carbonyl (C=O) groups is 1. The Labute approximate surface area is 229 Å². The summed E-state index contributed by atoms with van der Waals surface area (Å²) in [5, 5.41) is 0. The molecular weight excluding hydrogens is 524 g/mol. The highest BCUT2D eigenvalue weighted by Crippen LogP contribution is 2.39. The molecule has 1 aliphatic heterocycles. The first kappa shape index (κ1) is 27.8. The third-order valence-electron chi connectivity index (χ3n) is 6.23. The summed E-state index contributed by atoms with van der Waals surface area (Å²) in [7, 11) is 7.64. The van der Waals surface area contributed by atoms with Crippen molar-refractivity contribution >= 4 is 23.4 Å². The van der Waals surface area contributed by atoms with Gasteiger partial charge >= 0.3 is 5.97 Å². The first-order valence-electron chi connectivity index (χ1n) is 12.0. The molecule has 1 unspecified atom stereocenters. The topological polar surface area (TPSA) is 107 Å².